The average molecular weight is 544 g/mol. The smallest absolute Gasteiger partial charge is 0.303 e. The fraction of sp³-hybridized carbons (Fsp3) is 0.323. The van der Waals surface area contributed by atoms with Crippen molar-refractivity contribution in [2.24, 2.45) is 0 Å². The van der Waals surface area contributed by atoms with Crippen molar-refractivity contribution < 1.29 is 19.4 Å². The molecule has 0 radical (unpaired) electrons. The number of benzene rings is 2. The molecule has 2 aromatic carbocycles. The number of para-hydroxylation sites is 1. The monoisotopic (exact) mass is 543 g/mol. The highest BCUT2D eigenvalue weighted by molar-refractivity contribution is 7.99. The number of hydrogen-bond acceptors (Lipinski definition) is 6. The predicted octanol–water partition coefficient (Wildman–Crippen LogP) is 7.48. The van der Waals surface area contributed by atoms with Crippen LogP contribution in [0.3, 0.4) is 0 Å². The molecule has 0 saturated carbocycles. The minimum atomic E-state index is -0.748. The minimum Gasteiger partial charge on any atom is -0.492 e. The third kappa shape index (κ3) is 7.28. The Morgan fingerprint density at radius 3 is 2.79 bits per heavy atom. The number of fused-ring (bicyclic) bond motifs is 1. The highest BCUT2D eigenvalue weighted by Gasteiger charge is 2.21. The van der Waals surface area contributed by atoms with E-state index in [-0.39, 0.29) is 12.6 Å². The summed E-state index contributed by atoms with van der Waals surface area (Å²) in [6.07, 6.45) is 11.4. The largest absolute Gasteiger partial charge is 0.492 e. The maximum Gasteiger partial charge on any atom is 0.303 e. The Balaban J connectivity index is 1.36. The van der Waals surface area contributed by atoms with E-state index in [0.717, 1.165) is 76.5 Å². The first-order valence-electron chi connectivity index (χ1n) is 13.5. The molecule has 0 spiro atoms. The summed E-state index contributed by atoms with van der Waals surface area (Å²) in [6.45, 7) is 1.31. The Morgan fingerprint density at radius 1 is 1.08 bits per heavy atom. The Morgan fingerprint density at radius 2 is 1.97 bits per heavy atom. The highest BCUT2D eigenvalue weighted by atomic mass is 32.2. The number of ether oxygens (including phenoxy) is 2. The van der Waals surface area contributed by atoms with Crippen molar-refractivity contribution in [1.82, 2.24) is 14.8 Å². The molecule has 1 N–H and O–H groups in total. The fourth-order valence-electron chi connectivity index (χ4n) is 4.62. The molecular weight excluding hydrogens is 510 g/mol. The summed E-state index contributed by atoms with van der Waals surface area (Å²) in [4.78, 5) is 17.2. The van der Waals surface area contributed by atoms with Crippen molar-refractivity contribution in [3.05, 3.63) is 78.2 Å². The fourth-order valence-corrected chi connectivity index (χ4v) is 5.56. The zero-order chi connectivity index (χ0) is 26.9. The Kier molecular flexibility index (Phi) is 9.30. The third-order valence-electron chi connectivity index (χ3n) is 6.61. The van der Waals surface area contributed by atoms with Crippen molar-refractivity contribution in [3.8, 4) is 5.75 Å². The molecule has 1 atom stereocenters. The number of nitrogens with zero attached hydrogens (tertiary/aromatic N) is 3. The maximum absolute atomic E-state index is 10.7. The Labute approximate surface area is 232 Å². The predicted molar refractivity (Wildman–Crippen MR) is 154 cm³/mol. The lowest BCUT2D eigenvalue weighted by molar-refractivity contribution is -0.137. The Bertz CT molecular complexity index is 1410. The molecule has 0 amide bonds. The topological polar surface area (TPSA) is 86.5 Å². The van der Waals surface area contributed by atoms with Crippen LogP contribution in [0.2, 0.25) is 0 Å². The first kappa shape index (κ1) is 27.0. The summed E-state index contributed by atoms with van der Waals surface area (Å²) < 4.78 is 14.2. The molecule has 7 nitrogen and oxygen atoms in total. The number of unbranched alkanes of at least 4 members (excludes halogenated alkanes) is 2. The summed E-state index contributed by atoms with van der Waals surface area (Å²) >= 11 is 1.66. The molecule has 5 rings (SSSR count). The quantitative estimate of drug-likeness (QED) is 0.185. The van der Waals surface area contributed by atoms with Gasteiger partial charge < -0.3 is 14.6 Å². The molecule has 39 heavy (non-hydrogen) atoms. The molecule has 202 valence electrons. The first-order chi connectivity index (χ1) is 19.2. The van der Waals surface area contributed by atoms with E-state index in [1.165, 1.54) is 0 Å². The molecule has 1 aliphatic heterocycles. The molecule has 1 unspecified atom stereocenters. The summed E-state index contributed by atoms with van der Waals surface area (Å²) in [5.41, 5.74) is 2.83. The van der Waals surface area contributed by atoms with E-state index < -0.39 is 5.97 Å². The summed E-state index contributed by atoms with van der Waals surface area (Å²) in [5, 5.41) is 14.9. The van der Waals surface area contributed by atoms with Crippen LogP contribution in [0.25, 0.3) is 23.1 Å². The van der Waals surface area contributed by atoms with Gasteiger partial charge in [-0.15, -0.1) is 0 Å². The van der Waals surface area contributed by atoms with E-state index in [9.17, 15) is 4.79 Å². The van der Waals surface area contributed by atoms with E-state index in [2.05, 4.69) is 29.2 Å². The van der Waals surface area contributed by atoms with E-state index in [1.54, 1.807) is 18.0 Å². The van der Waals surface area contributed by atoms with Crippen LogP contribution in [-0.2, 0) is 9.53 Å². The van der Waals surface area contributed by atoms with Crippen LogP contribution in [-0.4, -0.2) is 39.1 Å². The number of carbonyl (C=O) groups is 1. The van der Waals surface area contributed by atoms with Gasteiger partial charge in [-0.25, -0.2) is 4.68 Å². The Hall–Kier alpha value is -3.62. The van der Waals surface area contributed by atoms with Gasteiger partial charge in [-0.3, -0.25) is 9.78 Å². The van der Waals surface area contributed by atoms with Gasteiger partial charge in [0.25, 0.3) is 0 Å². The standard InChI is InChI=1S/C31H33N3O4S/c35-31(36)14-2-1-8-20-37-28-11-3-4-12-29(28)39-24-16-17-25-26(18-15-23-10-5-7-19-32-23)33-34(27(25)22-24)30-13-6-9-21-38-30/h3-5,7,10-12,15-19,22,30H,1-2,6,8-9,13-14,20-21H2,(H,35,36)/b18-15+. The van der Waals surface area contributed by atoms with Crippen molar-refractivity contribution in [3.63, 3.8) is 0 Å². The van der Waals surface area contributed by atoms with Gasteiger partial charge in [-0.1, -0.05) is 30.0 Å². The molecule has 1 aliphatic rings. The molecule has 0 bridgehead atoms. The second-order valence-corrected chi connectivity index (χ2v) is 10.6. The van der Waals surface area contributed by atoms with Gasteiger partial charge in [0.1, 0.15) is 5.75 Å². The molecule has 2 aromatic heterocycles. The van der Waals surface area contributed by atoms with E-state index in [0.29, 0.717) is 13.0 Å². The molecular formula is C31H33N3O4S. The van der Waals surface area contributed by atoms with Crippen LogP contribution < -0.4 is 4.74 Å². The molecule has 4 aromatic rings. The summed E-state index contributed by atoms with van der Waals surface area (Å²) in [7, 11) is 0. The number of carboxylic acid groups (broad SMARTS) is 1. The molecule has 8 heteroatoms. The van der Waals surface area contributed by atoms with Gasteiger partial charge in [-0.05, 0) is 93.1 Å². The van der Waals surface area contributed by atoms with Crippen LogP contribution >= 0.6 is 11.8 Å². The average Bonchev–Trinajstić information content (AvgIpc) is 3.33. The number of carboxylic acids is 1. The van der Waals surface area contributed by atoms with E-state index in [1.807, 2.05) is 53.2 Å². The molecule has 0 aliphatic carbocycles. The number of hydrogen-bond donors (Lipinski definition) is 1. The van der Waals surface area contributed by atoms with E-state index >= 15 is 0 Å². The second-order valence-electron chi connectivity index (χ2n) is 9.52. The number of aliphatic carboxylic acids is 1. The first-order valence-corrected chi connectivity index (χ1v) is 14.3. The normalized spacial score (nSPS) is 15.6. The van der Waals surface area contributed by atoms with Crippen LogP contribution in [0.15, 0.2) is 76.7 Å². The van der Waals surface area contributed by atoms with Crippen LogP contribution in [0.1, 0.15) is 62.6 Å². The van der Waals surface area contributed by atoms with Crippen LogP contribution in [0.5, 0.6) is 5.75 Å². The van der Waals surface area contributed by atoms with Crippen molar-refractivity contribution >= 4 is 40.8 Å². The zero-order valence-electron chi connectivity index (χ0n) is 21.9. The van der Waals surface area contributed by atoms with Gasteiger partial charge in [0.2, 0.25) is 0 Å². The van der Waals surface area contributed by atoms with Gasteiger partial charge in [0.15, 0.2) is 6.23 Å². The minimum absolute atomic E-state index is 0.0738. The van der Waals surface area contributed by atoms with Gasteiger partial charge >= 0.3 is 5.97 Å². The summed E-state index contributed by atoms with van der Waals surface area (Å²) in [5.74, 6) is 0.0892. The van der Waals surface area contributed by atoms with E-state index in [4.69, 9.17) is 19.7 Å². The van der Waals surface area contributed by atoms with Gasteiger partial charge in [-0.2, -0.15) is 5.10 Å². The molecule has 1 fully saturated rings. The number of aromatic nitrogens is 3. The lowest BCUT2D eigenvalue weighted by Gasteiger charge is -2.23. The van der Waals surface area contributed by atoms with Crippen molar-refractivity contribution in [1.29, 1.82) is 0 Å². The lowest BCUT2D eigenvalue weighted by atomic mass is 10.1. The molecule has 3 heterocycles. The second kappa shape index (κ2) is 13.4. The molecule has 1 saturated heterocycles. The van der Waals surface area contributed by atoms with Crippen LogP contribution in [0, 0.1) is 0 Å². The summed E-state index contributed by atoms with van der Waals surface area (Å²) in [6, 6.07) is 20.3. The zero-order valence-corrected chi connectivity index (χ0v) is 22.7. The third-order valence-corrected chi connectivity index (χ3v) is 7.65. The number of pyridine rings is 1. The van der Waals surface area contributed by atoms with Crippen molar-refractivity contribution in [2.75, 3.05) is 13.2 Å². The lowest BCUT2D eigenvalue weighted by Crippen LogP contribution is -2.19. The van der Waals surface area contributed by atoms with Crippen LogP contribution in [0.4, 0.5) is 0 Å². The SMILES string of the molecule is O=C(O)CCCCCOc1ccccc1Sc1ccc2c(/C=C/c3ccccn3)nn(C3CCCCO3)c2c1. The maximum atomic E-state index is 10.7. The van der Waals surface area contributed by atoms with Gasteiger partial charge in [0, 0.05) is 29.5 Å². The number of rotatable bonds is 12. The highest BCUT2D eigenvalue weighted by Crippen LogP contribution is 2.38. The van der Waals surface area contributed by atoms with Crippen molar-refractivity contribution in [2.45, 2.75) is 61.0 Å². The van der Waals surface area contributed by atoms with Gasteiger partial charge in [0.05, 0.1) is 28.4 Å².